The first-order valence-electron chi connectivity index (χ1n) is 9.19. The van der Waals surface area contributed by atoms with Gasteiger partial charge in [-0.15, -0.1) is 0 Å². The largest absolute Gasteiger partial charge is 0.382 e. The number of fused-ring (bicyclic) bond motifs is 1. The summed E-state index contributed by atoms with van der Waals surface area (Å²) in [6, 6.07) is 8.52. The smallest absolute Gasteiger partial charge is 0.150 e. The third-order valence-corrected chi connectivity index (χ3v) is 4.82. The molecular formula is C22H15F3N6. The summed E-state index contributed by atoms with van der Waals surface area (Å²) < 4.78 is 42.1. The lowest BCUT2D eigenvalue weighted by atomic mass is 9.93. The van der Waals surface area contributed by atoms with E-state index < -0.39 is 23.5 Å². The molecule has 9 heteroatoms. The van der Waals surface area contributed by atoms with Gasteiger partial charge in [-0.05, 0) is 48.4 Å². The Morgan fingerprint density at radius 1 is 1.00 bits per heavy atom. The number of nitrogens with one attached hydrogen (secondary N) is 1. The van der Waals surface area contributed by atoms with Gasteiger partial charge >= 0.3 is 0 Å². The average molecular weight is 420 g/mol. The number of aromatic nitrogens is 3. The van der Waals surface area contributed by atoms with E-state index in [9.17, 15) is 18.4 Å². The Hall–Kier alpha value is -4.19. The summed E-state index contributed by atoms with van der Waals surface area (Å²) in [5, 5.41) is 12.8. The van der Waals surface area contributed by atoms with Crippen LogP contribution in [0.3, 0.4) is 0 Å². The second-order valence-electron chi connectivity index (χ2n) is 6.87. The predicted octanol–water partition coefficient (Wildman–Crippen LogP) is 4.74. The SMILES string of the molecule is C[C@H](Nc1ncnc(N)c1C#N)c1cnc2ccc(F)cc2c1-c1cc(F)cc(F)c1. The average Bonchev–Trinajstić information content (AvgIpc) is 2.72. The molecule has 2 aromatic heterocycles. The maximum atomic E-state index is 14.1. The Bertz CT molecular complexity index is 1330. The second-order valence-corrected chi connectivity index (χ2v) is 6.87. The predicted molar refractivity (Wildman–Crippen MR) is 110 cm³/mol. The van der Waals surface area contributed by atoms with Crippen molar-refractivity contribution >= 4 is 22.5 Å². The number of pyridine rings is 1. The molecule has 0 bridgehead atoms. The van der Waals surface area contributed by atoms with Crippen LogP contribution in [-0.2, 0) is 0 Å². The van der Waals surface area contributed by atoms with Crippen molar-refractivity contribution in [2.24, 2.45) is 0 Å². The van der Waals surface area contributed by atoms with Crippen molar-refractivity contribution in [2.75, 3.05) is 11.1 Å². The summed E-state index contributed by atoms with van der Waals surface area (Å²) in [5.41, 5.74) is 7.41. The summed E-state index contributed by atoms with van der Waals surface area (Å²) in [6.45, 7) is 1.75. The molecule has 0 spiro atoms. The molecule has 0 saturated carbocycles. The monoisotopic (exact) mass is 420 g/mol. The molecule has 0 saturated heterocycles. The van der Waals surface area contributed by atoms with Crippen molar-refractivity contribution in [1.29, 1.82) is 5.26 Å². The molecule has 6 nitrogen and oxygen atoms in total. The van der Waals surface area contributed by atoms with Crippen molar-refractivity contribution in [3.05, 3.63) is 77.5 Å². The first-order valence-corrected chi connectivity index (χ1v) is 9.19. The van der Waals surface area contributed by atoms with E-state index in [1.807, 2.05) is 6.07 Å². The van der Waals surface area contributed by atoms with Crippen LogP contribution < -0.4 is 11.1 Å². The number of nitrogens with two attached hydrogens (primary N) is 1. The summed E-state index contributed by atoms with van der Waals surface area (Å²) in [7, 11) is 0. The summed E-state index contributed by atoms with van der Waals surface area (Å²) >= 11 is 0. The normalized spacial score (nSPS) is 11.8. The fourth-order valence-corrected chi connectivity index (χ4v) is 3.43. The summed E-state index contributed by atoms with van der Waals surface area (Å²) in [5.74, 6) is -1.84. The zero-order valence-corrected chi connectivity index (χ0v) is 16.2. The quantitative estimate of drug-likeness (QED) is 0.495. The van der Waals surface area contributed by atoms with Crippen molar-refractivity contribution < 1.29 is 13.2 Å². The van der Waals surface area contributed by atoms with E-state index in [-0.39, 0.29) is 22.8 Å². The van der Waals surface area contributed by atoms with Crippen LogP contribution in [0.5, 0.6) is 0 Å². The number of nitrogens with zero attached hydrogens (tertiary/aromatic N) is 4. The van der Waals surface area contributed by atoms with Gasteiger partial charge in [0.15, 0.2) is 0 Å². The van der Waals surface area contributed by atoms with Gasteiger partial charge in [0.1, 0.15) is 47.0 Å². The van der Waals surface area contributed by atoms with Gasteiger partial charge in [0.25, 0.3) is 0 Å². The lowest BCUT2D eigenvalue weighted by Crippen LogP contribution is -2.13. The minimum Gasteiger partial charge on any atom is -0.382 e. The Morgan fingerprint density at radius 2 is 1.74 bits per heavy atom. The van der Waals surface area contributed by atoms with Crippen LogP contribution in [-0.4, -0.2) is 15.0 Å². The van der Waals surface area contributed by atoms with E-state index in [4.69, 9.17) is 5.73 Å². The summed E-state index contributed by atoms with van der Waals surface area (Å²) in [4.78, 5) is 12.2. The van der Waals surface area contributed by atoms with E-state index in [1.54, 1.807) is 6.92 Å². The molecule has 0 unspecified atom stereocenters. The maximum absolute atomic E-state index is 14.1. The molecule has 0 amide bonds. The lowest BCUT2D eigenvalue weighted by molar-refractivity contribution is 0.584. The molecule has 2 aromatic carbocycles. The fourth-order valence-electron chi connectivity index (χ4n) is 3.43. The zero-order chi connectivity index (χ0) is 22.1. The highest BCUT2D eigenvalue weighted by Gasteiger charge is 2.20. The molecule has 0 aliphatic rings. The van der Waals surface area contributed by atoms with Crippen LogP contribution in [0.15, 0.2) is 48.9 Å². The third-order valence-electron chi connectivity index (χ3n) is 4.82. The van der Waals surface area contributed by atoms with Gasteiger partial charge in [-0.3, -0.25) is 4.98 Å². The molecule has 31 heavy (non-hydrogen) atoms. The van der Waals surface area contributed by atoms with E-state index in [1.165, 1.54) is 42.9 Å². The van der Waals surface area contributed by atoms with Crippen molar-refractivity contribution in [3.63, 3.8) is 0 Å². The molecule has 1 atom stereocenters. The van der Waals surface area contributed by atoms with Crippen molar-refractivity contribution in [2.45, 2.75) is 13.0 Å². The van der Waals surface area contributed by atoms with Gasteiger partial charge in [0.2, 0.25) is 0 Å². The third kappa shape index (κ3) is 3.83. The van der Waals surface area contributed by atoms with Crippen molar-refractivity contribution in [1.82, 2.24) is 15.0 Å². The first kappa shape index (κ1) is 20.1. The van der Waals surface area contributed by atoms with Gasteiger partial charge in [0.05, 0.1) is 11.6 Å². The highest BCUT2D eigenvalue weighted by molar-refractivity contribution is 5.96. The van der Waals surface area contributed by atoms with E-state index in [0.29, 0.717) is 22.0 Å². The van der Waals surface area contributed by atoms with E-state index in [2.05, 4.69) is 20.3 Å². The first-order chi connectivity index (χ1) is 14.9. The number of anilines is 2. The molecule has 0 fully saturated rings. The highest BCUT2D eigenvalue weighted by atomic mass is 19.1. The van der Waals surface area contributed by atoms with Crippen molar-refractivity contribution in [3.8, 4) is 17.2 Å². The number of nitriles is 1. The number of halogens is 3. The highest BCUT2D eigenvalue weighted by Crippen LogP contribution is 2.36. The van der Waals surface area contributed by atoms with Gasteiger partial charge in [-0.1, -0.05) is 0 Å². The lowest BCUT2D eigenvalue weighted by Gasteiger charge is -2.21. The van der Waals surface area contributed by atoms with Crippen LogP contribution in [0.2, 0.25) is 0 Å². The van der Waals surface area contributed by atoms with E-state index >= 15 is 0 Å². The maximum Gasteiger partial charge on any atom is 0.150 e. The van der Waals surface area contributed by atoms with Crippen LogP contribution in [0.1, 0.15) is 24.1 Å². The molecule has 0 radical (unpaired) electrons. The Labute approximate surface area is 175 Å². The van der Waals surface area contributed by atoms with Crippen LogP contribution in [0.25, 0.3) is 22.0 Å². The second kappa shape index (κ2) is 7.91. The summed E-state index contributed by atoms with van der Waals surface area (Å²) in [6.07, 6.45) is 2.74. The van der Waals surface area contributed by atoms with Gasteiger partial charge in [0, 0.05) is 23.2 Å². The Morgan fingerprint density at radius 3 is 2.45 bits per heavy atom. The zero-order valence-electron chi connectivity index (χ0n) is 16.2. The van der Waals surface area contributed by atoms with Crippen LogP contribution in [0, 0.1) is 28.8 Å². The Kier molecular flexibility index (Phi) is 5.13. The number of benzene rings is 2. The number of hydrogen-bond donors (Lipinski definition) is 2. The standard InChI is InChI=1S/C22H15F3N6/c1-11(31-22-17(8-26)21(27)29-10-30-22)18-9-28-19-3-2-13(23)7-16(19)20(18)12-4-14(24)6-15(25)5-12/h2-7,9-11H,1H3,(H3,27,29,30,31)/t11-/m0/s1. The minimum atomic E-state index is -0.765. The fraction of sp³-hybridized carbons (Fsp3) is 0.0909. The minimum absolute atomic E-state index is 0.0123. The number of nitrogen functional groups attached to an aromatic ring is 1. The molecule has 3 N–H and O–H groups in total. The van der Waals surface area contributed by atoms with Gasteiger partial charge in [-0.25, -0.2) is 23.1 Å². The van der Waals surface area contributed by atoms with E-state index in [0.717, 1.165) is 6.07 Å². The molecule has 0 aliphatic heterocycles. The topological polar surface area (TPSA) is 101 Å². The van der Waals surface area contributed by atoms with Crippen LogP contribution >= 0.6 is 0 Å². The molecule has 2 heterocycles. The molecule has 0 aliphatic carbocycles. The Balaban J connectivity index is 1.92. The number of hydrogen-bond acceptors (Lipinski definition) is 6. The molecule has 154 valence electrons. The number of rotatable bonds is 4. The van der Waals surface area contributed by atoms with Gasteiger partial charge in [-0.2, -0.15) is 5.26 Å². The molecular weight excluding hydrogens is 405 g/mol. The molecule has 4 rings (SSSR count). The van der Waals surface area contributed by atoms with Gasteiger partial charge < -0.3 is 11.1 Å². The van der Waals surface area contributed by atoms with Crippen LogP contribution in [0.4, 0.5) is 24.8 Å². The molecule has 4 aromatic rings.